The molecule has 10 nitrogen and oxygen atoms in total. The third-order valence-electron chi connectivity index (χ3n) is 7.13. The number of ether oxygens (including phenoxy) is 1. The smallest absolute Gasteiger partial charge is 0.298 e. The number of carbonyl (C=O) groups excluding carboxylic acids is 1. The van der Waals surface area contributed by atoms with Gasteiger partial charge in [-0.1, -0.05) is 6.92 Å². The number of aromatic nitrogens is 5. The number of hydrogen-bond donors (Lipinski definition) is 1. The maximum atomic E-state index is 15.8. The summed E-state index contributed by atoms with van der Waals surface area (Å²) in [5, 5.41) is 0. The van der Waals surface area contributed by atoms with Gasteiger partial charge in [-0.2, -0.15) is 4.98 Å². The van der Waals surface area contributed by atoms with E-state index in [1.807, 2.05) is 12.1 Å². The third kappa shape index (κ3) is 4.97. The van der Waals surface area contributed by atoms with Crippen LogP contribution in [0.3, 0.4) is 0 Å². The van der Waals surface area contributed by atoms with Gasteiger partial charge in [0.05, 0.1) is 6.61 Å². The normalized spacial score (nSPS) is 19.0. The summed E-state index contributed by atoms with van der Waals surface area (Å²) in [6.45, 7) is 5.27. The van der Waals surface area contributed by atoms with Gasteiger partial charge in [0.25, 0.3) is 11.9 Å². The van der Waals surface area contributed by atoms with Crippen molar-refractivity contribution in [3.63, 3.8) is 0 Å². The summed E-state index contributed by atoms with van der Waals surface area (Å²) in [6.07, 6.45) is 7.79. The van der Waals surface area contributed by atoms with E-state index in [4.69, 9.17) is 10.5 Å². The van der Waals surface area contributed by atoms with Gasteiger partial charge in [-0.05, 0) is 31.4 Å². The Morgan fingerprint density at radius 2 is 1.89 bits per heavy atom. The highest BCUT2D eigenvalue weighted by molar-refractivity contribution is 5.85. The summed E-state index contributed by atoms with van der Waals surface area (Å²) in [7, 11) is 0. The second-order valence-corrected chi connectivity index (χ2v) is 9.67. The molecule has 1 amide bonds. The van der Waals surface area contributed by atoms with Gasteiger partial charge in [0.2, 0.25) is 5.95 Å². The highest BCUT2D eigenvalue weighted by Crippen LogP contribution is 2.34. The van der Waals surface area contributed by atoms with Crippen molar-refractivity contribution in [3.8, 4) is 6.01 Å². The first-order valence-corrected chi connectivity index (χ1v) is 12.7. The molecule has 0 bridgehead atoms. The van der Waals surface area contributed by atoms with Crippen molar-refractivity contribution in [1.29, 1.82) is 0 Å². The van der Waals surface area contributed by atoms with Gasteiger partial charge in [-0.3, -0.25) is 14.3 Å². The summed E-state index contributed by atoms with van der Waals surface area (Å²) < 4.78 is 23.8. The SMILES string of the molecule is CCCOc1nc2cccnc2n1C1CCN(C(=O)C2(F)CCN(Cc3cnc(N)nc3)CC2)CC1. The number of amides is 1. The van der Waals surface area contributed by atoms with Crippen molar-refractivity contribution in [3.05, 3.63) is 36.3 Å². The number of hydrogen-bond acceptors (Lipinski definition) is 8. The maximum absolute atomic E-state index is 15.8. The van der Waals surface area contributed by atoms with Crippen LogP contribution in [0, 0.1) is 0 Å². The number of piperidine rings is 2. The minimum atomic E-state index is -1.82. The Labute approximate surface area is 209 Å². The van der Waals surface area contributed by atoms with Gasteiger partial charge < -0.3 is 15.4 Å². The summed E-state index contributed by atoms with van der Waals surface area (Å²) in [4.78, 5) is 34.2. The number of halogens is 1. The molecule has 3 aromatic heterocycles. The topological polar surface area (TPSA) is 115 Å². The van der Waals surface area contributed by atoms with Crippen molar-refractivity contribution in [1.82, 2.24) is 34.3 Å². The number of imidazole rings is 1. The number of carbonyl (C=O) groups is 1. The Morgan fingerprint density at radius 3 is 2.58 bits per heavy atom. The Morgan fingerprint density at radius 1 is 1.17 bits per heavy atom. The number of anilines is 1. The zero-order valence-corrected chi connectivity index (χ0v) is 20.6. The Kier molecular flexibility index (Phi) is 6.99. The third-order valence-corrected chi connectivity index (χ3v) is 7.13. The second kappa shape index (κ2) is 10.3. The lowest BCUT2D eigenvalue weighted by Crippen LogP contribution is -2.53. The maximum Gasteiger partial charge on any atom is 0.298 e. The first-order valence-electron chi connectivity index (χ1n) is 12.7. The molecule has 2 fully saturated rings. The van der Waals surface area contributed by atoms with Gasteiger partial charge in [-0.15, -0.1) is 0 Å². The van der Waals surface area contributed by atoms with E-state index in [-0.39, 0.29) is 30.7 Å². The molecule has 5 rings (SSSR count). The van der Waals surface area contributed by atoms with E-state index >= 15 is 4.39 Å². The summed E-state index contributed by atoms with van der Waals surface area (Å²) in [5.41, 5.74) is 6.23. The van der Waals surface area contributed by atoms with E-state index in [1.165, 1.54) is 0 Å². The Balaban J connectivity index is 1.19. The van der Waals surface area contributed by atoms with Crippen LogP contribution in [0.1, 0.15) is 50.6 Å². The zero-order chi connectivity index (χ0) is 25.1. The number of fused-ring (bicyclic) bond motifs is 1. The minimum absolute atomic E-state index is 0.0975. The van der Waals surface area contributed by atoms with E-state index < -0.39 is 5.67 Å². The lowest BCUT2D eigenvalue weighted by Gasteiger charge is -2.40. The Hall–Kier alpha value is -3.34. The second-order valence-electron chi connectivity index (χ2n) is 9.67. The number of likely N-dealkylation sites (tertiary alicyclic amines) is 2. The van der Waals surface area contributed by atoms with Crippen LogP contribution in [0.15, 0.2) is 30.7 Å². The Bertz CT molecular complexity index is 1180. The van der Waals surface area contributed by atoms with Crippen LogP contribution in [0.5, 0.6) is 6.01 Å². The van der Waals surface area contributed by atoms with Crippen molar-refractivity contribution < 1.29 is 13.9 Å². The molecule has 0 aliphatic carbocycles. The zero-order valence-electron chi connectivity index (χ0n) is 20.6. The number of pyridine rings is 1. The van der Waals surface area contributed by atoms with Crippen molar-refractivity contribution in [2.75, 3.05) is 38.5 Å². The molecular weight excluding hydrogens is 463 g/mol. The summed E-state index contributed by atoms with van der Waals surface area (Å²) in [5.74, 6) is -0.149. The van der Waals surface area contributed by atoms with E-state index in [2.05, 4.69) is 36.3 Å². The van der Waals surface area contributed by atoms with Gasteiger partial charge in [0.15, 0.2) is 11.3 Å². The lowest BCUT2D eigenvalue weighted by atomic mass is 9.90. The average Bonchev–Trinajstić information content (AvgIpc) is 3.28. The quantitative estimate of drug-likeness (QED) is 0.531. The molecule has 0 saturated carbocycles. The van der Waals surface area contributed by atoms with Crippen LogP contribution in [0.4, 0.5) is 10.3 Å². The molecule has 3 aromatic rings. The molecule has 0 unspecified atom stereocenters. The predicted molar refractivity (Wildman–Crippen MR) is 133 cm³/mol. The number of nitrogen functional groups attached to an aromatic ring is 1. The highest BCUT2D eigenvalue weighted by Gasteiger charge is 2.45. The number of rotatable bonds is 7. The standard InChI is InChI=1S/C25H33FN8O2/c1-2-14-36-24-31-20-4-3-9-28-21(20)34(24)19-5-10-33(11-6-19)22(35)25(26)7-12-32(13-8-25)17-18-15-29-23(27)30-16-18/h3-4,9,15-16,19H,2,5-8,10-14,17H2,1H3,(H2,27,29,30). The molecular formula is C25H33FN8O2. The van der Waals surface area contributed by atoms with Crippen LogP contribution in [-0.4, -0.2) is 78.7 Å². The molecule has 2 aliphatic heterocycles. The molecule has 192 valence electrons. The molecule has 2 saturated heterocycles. The van der Waals surface area contributed by atoms with Crippen molar-refractivity contribution in [2.24, 2.45) is 0 Å². The molecule has 0 atom stereocenters. The largest absolute Gasteiger partial charge is 0.465 e. The van der Waals surface area contributed by atoms with Gasteiger partial charge in [-0.25, -0.2) is 19.3 Å². The fraction of sp³-hybridized carbons (Fsp3) is 0.560. The molecule has 0 spiro atoms. The molecule has 0 aromatic carbocycles. The van der Waals surface area contributed by atoms with Gasteiger partial charge in [0.1, 0.15) is 5.52 Å². The lowest BCUT2D eigenvalue weighted by molar-refractivity contribution is -0.148. The highest BCUT2D eigenvalue weighted by atomic mass is 19.1. The van der Waals surface area contributed by atoms with Crippen LogP contribution in [-0.2, 0) is 11.3 Å². The predicted octanol–water partition coefficient (Wildman–Crippen LogP) is 2.76. The molecule has 11 heteroatoms. The number of alkyl halides is 1. The van der Waals surface area contributed by atoms with Gasteiger partial charge in [0, 0.05) is 75.8 Å². The summed E-state index contributed by atoms with van der Waals surface area (Å²) >= 11 is 0. The summed E-state index contributed by atoms with van der Waals surface area (Å²) in [6, 6.07) is 4.45. The first kappa shape index (κ1) is 24.4. The molecule has 2 N–H and O–H groups in total. The number of nitrogens with two attached hydrogens (primary N) is 1. The fourth-order valence-electron chi connectivity index (χ4n) is 5.13. The van der Waals surface area contributed by atoms with Crippen LogP contribution in [0.25, 0.3) is 11.2 Å². The molecule has 2 aliphatic rings. The minimum Gasteiger partial charge on any atom is -0.465 e. The van der Waals surface area contributed by atoms with Crippen LogP contribution in [0.2, 0.25) is 0 Å². The number of nitrogens with zero attached hydrogens (tertiary/aromatic N) is 7. The van der Waals surface area contributed by atoms with Gasteiger partial charge >= 0.3 is 0 Å². The average molecular weight is 497 g/mol. The molecule has 0 radical (unpaired) electrons. The van der Waals surface area contributed by atoms with Crippen LogP contribution >= 0.6 is 0 Å². The van der Waals surface area contributed by atoms with Crippen LogP contribution < -0.4 is 10.5 Å². The van der Waals surface area contributed by atoms with E-state index in [0.717, 1.165) is 23.1 Å². The van der Waals surface area contributed by atoms with Crippen molar-refractivity contribution in [2.45, 2.75) is 57.3 Å². The van der Waals surface area contributed by atoms with Crippen molar-refractivity contribution >= 4 is 23.0 Å². The van der Waals surface area contributed by atoms with E-state index in [0.29, 0.717) is 58.2 Å². The fourth-order valence-corrected chi connectivity index (χ4v) is 5.13. The van der Waals surface area contributed by atoms with E-state index in [1.54, 1.807) is 23.5 Å². The monoisotopic (exact) mass is 496 g/mol. The molecule has 36 heavy (non-hydrogen) atoms. The van der Waals surface area contributed by atoms with E-state index in [9.17, 15) is 4.79 Å². The first-order chi connectivity index (χ1) is 17.5. The molecule has 5 heterocycles.